The maximum absolute atomic E-state index is 11.6. The van der Waals surface area contributed by atoms with Gasteiger partial charge in [0.05, 0.1) is 23.8 Å². The zero-order valence-corrected chi connectivity index (χ0v) is 25.5. The van der Waals surface area contributed by atoms with Gasteiger partial charge in [0.2, 0.25) is 0 Å². The molecule has 0 bridgehead atoms. The van der Waals surface area contributed by atoms with E-state index in [-0.39, 0.29) is 57.7 Å². The lowest BCUT2D eigenvalue weighted by molar-refractivity contribution is 0.0686. The third-order valence-electron chi connectivity index (χ3n) is 6.65. The van der Waals surface area contributed by atoms with E-state index in [0.717, 1.165) is 21.8 Å². The van der Waals surface area contributed by atoms with E-state index < -0.39 is 17.9 Å². The average molecular weight is 648 g/mol. The number of rotatable bonds is 12. The summed E-state index contributed by atoms with van der Waals surface area (Å²) < 4.78 is 4.74. The van der Waals surface area contributed by atoms with Gasteiger partial charge < -0.3 is 26.8 Å². The summed E-state index contributed by atoms with van der Waals surface area (Å²) in [6, 6.07) is -0.711. The van der Waals surface area contributed by atoms with Crippen molar-refractivity contribution in [3.8, 4) is 17.9 Å². The summed E-state index contributed by atoms with van der Waals surface area (Å²) in [6.07, 6.45) is 4.41. The van der Waals surface area contributed by atoms with E-state index in [4.69, 9.17) is 11.5 Å². The van der Waals surface area contributed by atoms with Gasteiger partial charge in [0.1, 0.15) is 11.1 Å². The minimum absolute atomic E-state index is 0.0141. The minimum Gasteiger partial charge on any atom is -0.479 e. The van der Waals surface area contributed by atoms with Crippen LogP contribution in [0.4, 0.5) is 34.6 Å². The first-order chi connectivity index (χ1) is 22.4. The molecule has 0 radical (unpaired) electrons. The number of nitrogens with two attached hydrogens (primary N) is 2. The first-order valence-corrected chi connectivity index (χ1v) is 14.0. The summed E-state index contributed by atoms with van der Waals surface area (Å²) in [5.74, 6) is -3.05. The van der Waals surface area contributed by atoms with Crippen molar-refractivity contribution in [1.82, 2.24) is 54.1 Å². The molecule has 0 unspecified atom stereocenters. The zero-order chi connectivity index (χ0) is 34.0. The molecule has 244 valence electrons. The summed E-state index contributed by atoms with van der Waals surface area (Å²) in [7, 11) is 3.03. The van der Waals surface area contributed by atoms with Crippen LogP contribution in [0.15, 0.2) is 32.9 Å². The van der Waals surface area contributed by atoms with Crippen molar-refractivity contribution in [3.05, 3.63) is 34.9 Å². The van der Waals surface area contributed by atoms with Crippen LogP contribution < -0.4 is 11.5 Å². The van der Waals surface area contributed by atoms with Gasteiger partial charge in [-0.05, 0) is 12.8 Å². The number of aromatic nitrogens is 11. The molecule has 7 N–H and O–H groups in total. The lowest BCUT2D eigenvalue weighted by Gasteiger charge is -2.06. The molecule has 0 aliphatic carbocycles. The van der Waals surface area contributed by atoms with E-state index in [0.29, 0.717) is 37.1 Å². The number of carbonyl (C=O) groups is 2. The number of nitrogens with zero attached hydrogens (tertiary/aromatic N) is 15. The molecule has 0 spiro atoms. The van der Waals surface area contributed by atoms with Crippen molar-refractivity contribution in [3.63, 3.8) is 0 Å². The first-order valence-electron chi connectivity index (χ1n) is 14.0. The van der Waals surface area contributed by atoms with Gasteiger partial charge in [-0.3, -0.25) is 0 Å². The second kappa shape index (κ2) is 12.8. The van der Waals surface area contributed by atoms with Crippen LogP contribution in [0, 0.1) is 0 Å². The standard InChI is InChI=1S/C25H29N17O5/c1-5-7-13-15(33-35-19-11(21(43)44)9-28-39(19)3)17(26)41(37-13)23-30-24(32-25(47)31-23)42-18(27)16(14(38-42)8-6-2)34-36-20-12(22(45)46)10-29-40(20)4/h9-10H,5-8,26-27H2,1-4H3,(H,43,44)(H,45,46)(H,30,31,32,47). The normalized spacial score (nSPS) is 11.7. The highest BCUT2D eigenvalue weighted by Gasteiger charge is 2.24. The Kier molecular flexibility index (Phi) is 8.65. The molecule has 47 heavy (non-hydrogen) atoms. The van der Waals surface area contributed by atoms with Gasteiger partial charge in [-0.25, -0.2) is 19.0 Å². The molecule has 5 rings (SSSR count). The summed E-state index contributed by atoms with van der Waals surface area (Å²) in [5, 5.41) is 62.7. The molecule has 0 saturated heterocycles. The Balaban J connectivity index is 1.58. The molecular formula is C25H29N17O5. The molecule has 0 aliphatic rings. The maximum atomic E-state index is 11.6. The number of hydrogen-bond donors (Lipinski definition) is 5. The van der Waals surface area contributed by atoms with E-state index >= 15 is 0 Å². The number of azo groups is 2. The molecule has 0 saturated carbocycles. The Bertz CT molecular complexity index is 1910. The van der Waals surface area contributed by atoms with Crippen molar-refractivity contribution in [2.24, 2.45) is 34.6 Å². The summed E-state index contributed by atoms with van der Waals surface area (Å²) >= 11 is 0. The molecule has 0 amide bonds. The van der Waals surface area contributed by atoms with Crippen LogP contribution in [0.2, 0.25) is 0 Å². The van der Waals surface area contributed by atoms with Crippen LogP contribution in [-0.4, -0.2) is 81.3 Å². The third-order valence-corrected chi connectivity index (χ3v) is 6.65. The van der Waals surface area contributed by atoms with Crippen LogP contribution in [-0.2, 0) is 26.9 Å². The molecule has 22 heteroatoms. The lowest BCUT2D eigenvalue weighted by atomic mass is 10.2. The fourth-order valence-electron chi connectivity index (χ4n) is 4.40. The molecule has 5 aromatic rings. The van der Waals surface area contributed by atoms with Gasteiger partial charge in [0.25, 0.3) is 11.9 Å². The van der Waals surface area contributed by atoms with Gasteiger partial charge in [-0.1, -0.05) is 26.7 Å². The Morgan fingerprint density at radius 1 is 0.723 bits per heavy atom. The molecule has 0 aromatic carbocycles. The predicted octanol–water partition coefficient (Wildman–Crippen LogP) is 2.71. The third kappa shape index (κ3) is 6.05. The van der Waals surface area contributed by atoms with Crippen LogP contribution in [0.5, 0.6) is 6.01 Å². The number of aromatic hydroxyl groups is 1. The van der Waals surface area contributed by atoms with Crippen LogP contribution in [0.1, 0.15) is 58.8 Å². The van der Waals surface area contributed by atoms with Crippen LogP contribution >= 0.6 is 0 Å². The lowest BCUT2D eigenvalue weighted by Crippen LogP contribution is -2.13. The van der Waals surface area contributed by atoms with Gasteiger partial charge in [0.15, 0.2) is 34.6 Å². The first kappa shape index (κ1) is 31.8. The van der Waals surface area contributed by atoms with E-state index in [1.165, 1.54) is 23.5 Å². The van der Waals surface area contributed by atoms with Crippen LogP contribution in [0.3, 0.4) is 0 Å². The highest BCUT2D eigenvalue weighted by molar-refractivity contribution is 5.92. The van der Waals surface area contributed by atoms with Crippen molar-refractivity contribution in [1.29, 1.82) is 0 Å². The molecule has 0 fully saturated rings. The topological polar surface area (TPSA) is 306 Å². The fraction of sp³-hybridized carbons (Fsp3) is 0.320. The molecule has 22 nitrogen and oxygen atoms in total. The maximum Gasteiger partial charge on any atom is 0.341 e. The van der Waals surface area contributed by atoms with Gasteiger partial charge >= 0.3 is 17.9 Å². The number of carboxylic acid groups (broad SMARTS) is 2. The summed E-state index contributed by atoms with van der Waals surface area (Å²) in [5.41, 5.74) is 13.6. The van der Waals surface area contributed by atoms with Crippen molar-refractivity contribution in [2.45, 2.75) is 39.5 Å². The second-order valence-corrected chi connectivity index (χ2v) is 9.94. The van der Waals surface area contributed by atoms with Crippen molar-refractivity contribution < 1.29 is 24.9 Å². The molecule has 5 aromatic heterocycles. The summed E-state index contributed by atoms with van der Waals surface area (Å²) in [4.78, 5) is 35.5. The Morgan fingerprint density at radius 2 is 1.13 bits per heavy atom. The average Bonchev–Trinajstić information content (AvgIpc) is 3.75. The fourth-order valence-corrected chi connectivity index (χ4v) is 4.40. The Morgan fingerprint density at radius 3 is 1.49 bits per heavy atom. The largest absolute Gasteiger partial charge is 0.479 e. The number of aromatic carboxylic acids is 2. The van der Waals surface area contributed by atoms with E-state index in [1.807, 2.05) is 13.8 Å². The minimum atomic E-state index is -1.23. The van der Waals surface area contributed by atoms with Crippen molar-refractivity contribution >= 4 is 46.6 Å². The molecule has 0 atom stereocenters. The van der Waals surface area contributed by atoms with Crippen LogP contribution in [0.25, 0.3) is 11.9 Å². The predicted molar refractivity (Wildman–Crippen MR) is 161 cm³/mol. The Labute approximate surface area is 264 Å². The number of aryl methyl sites for hydroxylation is 4. The number of anilines is 2. The van der Waals surface area contributed by atoms with Gasteiger partial charge in [0, 0.05) is 14.1 Å². The molecule has 5 heterocycles. The van der Waals surface area contributed by atoms with E-state index in [1.54, 1.807) is 0 Å². The van der Waals surface area contributed by atoms with E-state index in [2.05, 4.69) is 55.8 Å². The summed E-state index contributed by atoms with van der Waals surface area (Å²) in [6.45, 7) is 3.82. The van der Waals surface area contributed by atoms with Crippen molar-refractivity contribution in [2.75, 3.05) is 11.5 Å². The van der Waals surface area contributed by atoms with Gasteiger partial charge in [-0.15, -0.1) is 20.5 Å². The number of carboxylic acids is 2. The molecular weight excluding hydrogens is 618 g/mol. The SMILES string of the molecule is CCCc1nn(-c2nc(O)nc(-n3nc(CCC)c(N=Nc4c(C(=O)O)cnn4C)c3N)n2)c(N)c1N=Nc1c(C(=O)O)cnn1C. The number of hydrogen-bond acceptors (Lipinski definition) is 16. The highest BCUT2D eigenvalue weighted by Crippen LogP contribution is 2.34. The van der Waals surface area contributed by atoms with E-state index in [9.17, 15) is 24.9 Å². The second-order valence-electron chi connectivity index (χ2n) is 9.94. The zero-order valence-electron chi connectivity index (χ0n) is 25.5. The monoisotopic (exact) mass is 647 g/mol. The smallest absolute Gasteiger partial charge is 0.341 e. The number of nitrogen functional groups attached to an aromatic ring is 2. The Hall–Kier alpha value is -6.61. The highest BCUT2D eigenvalue weighted by atomic mass is 16.4. The van der Waals surface area contributed by atoms with Gasteiger partial charge in [-0.2, -0.15) is 44.7 Å². The quantitative estimate of drug-likeness (QED) is 0.122. The molecule has 0 aliphatic heterocycles.